The Morgan fingerprint density at radius 3 is 2.77 bits per heavy atom. The Balaban J connectivity index is 1.91. The number of nitrogen functional groups attached to an aromatic ring is 1. The summed E-state index contributed by atoms with van der Waals surface area (Å²) in [5.74, 6) is 2.39. The molecule has 3 N–H and O–H groups in total. The van der Waals surface area contributed by atoms with Crippen LogP contribution >= 0.6 is 0 Å². The van der Waals surface area contributed by atoms with Crippen LogP contribution in [-0.2, 0) is 0 Å². The van der Waals surface area contributed by atoms with Crippen molar-refractivity contribution in [2.45, 2.75) is 18.9 Å². The van der Waals surface area contributed by atoms with E-state index in [-0.39, 0.29) is 6.10 Å². The highest BCUT2D eigenvalue weighted by atomic mass is 16.5. The Bertz CT molecular complexity index is 940. The summed E-state index contributed by atoms with van der Waals surface area (Å²) >= 11 is 0. The monoisotopic (exact) mass is 352 g/mol. The fourth-order valence-corrected chi connectivity index (χ4v) is 3.21. The summed E-state index contributed by atoms with van der Waals surface area (Å²) in [6.07, 6.45) is 6.15. The lowest BCUT2D eigenvalue weighted by molar-refractivity contribution is 0.145. The third-order valence-corrected chi connectivity index (χ3v) is 4.58. The van der Waals surface area contributed by atoms with Crippen molar-refractivity contribution in [3.05, 3.63) is 30.7 Å². The second-order valence-electron chi connectivity index (χ2n) is 6.29. The molecule has 1 aliphatic heterocycles. The summed E-state index contributed by atoms with van der Waals surface area (Å²) in [6.45, 7) is 1.44. The number of methoxy groups -OCH3 is 1. The van der Waals surface area contributed by atoms with Crippen LogP contribution in [0.5, 0.6) is 5.75 Å². The van der Waals surface area contributed by atoms with Crippen molar-refractivity contribution >= 4 is 22.5 Å². The van der Waals surface area contributed by atoms with Gasteiger partial charge in [-0.2, -0.15) is 0 Å². The van der Waals surface area contributed by atoms with Crippen molar-refractivity contribution in [2.24, 2.45) is 0 Å². The van der Waals surface area contributed by atoms with Gasteiger partial charge in [0.1, 0.15) is 17.4 Å². The fraction of sp³-hybridized carbons (Fsp3) is 0.333. The second-order valence-corrected chi connectivity index (χ2v) is 6.29. The van der Waals surface area contributed by atoms with E-state index in [1.807, 2.05) is 6.07 Å². The number of piperidine rings is 1. The van der Waals surface area contributed by atoms with Gasteiger partial charge in [-0.05, 0) is 25.0 Å². The number of nitrogens with two attached hydrogens (primary N) is 1. The Hall–Kier alpha value is -3.00. The number of aliphatic hydroxyl groups is 1. The van der Waals surface area contributed by atoms with Crippen LogP contribution in [0.15, 0.2) is 30.7 Å². The highest BCUT2D eigenvalue weighted by Crippen LogP contribution is 2.34. The van der Waals surface area contributed by atoms with Crippen LogP contribution in [0.25, 0.3) is 22.3 Å². The van der Waals surface area contributed by atoms with Gasteiger partial charge in [0.25, 0.3) is 0 Å². The molecule has 1 fully saturated rings. The van der Waals surface area contributed by atoms with Crippen LogP contribution in [0.2, 0.25) is 0 Å². The summed E-state index contributed by atoms with van der Waals surface area (Å²) in [6, 6.07) is 3.58. The number of hydrogen-bond acceptors (Lipinski definition) is 8. The fourth-order valence-electron chi connectivity index (χ4n) is 3.21. The molecule has 0 unspecified atom stereocenters. The molecule has 0 radical (unpaired) electrons. The van der Waals surface area contributed by atoms with Gasteiger partial charge in [0.15, 0.2) is 5.82 Å². The maximum atomic E-state index is 9.84. The van der Waals surface area contributed by atoms with E-state index in [2.05, 4.69) is 19.9 Å². The lowest BCUT2D eigenvalue weighted by Gasteiger charge is -2.31. The van der Waals surface area contributed by atoms with Crippen molar-refractivity contribution in [1.29, 1.82) is 0 Å². The Morgan fingerprint density at radius 2 is 2.04 bits per heavy atom. The second kappa shape index (κ2) is 6.72. The van der Waals surface area contributed by atoms with Gasteiger partial charge >= 0.3 is 0 Å². The summed E-state index contributed by atoms with van der Waals surface area (Å²) in [5.41, 5.74) is 7.31. The number of rotatable bonds is 3. The van der Waals surface area contributed by atoms with Gasteiger partial charge in [0.05, 0.1) is 36.5 Å². The van der Waals surface area contributed by atoms with Gasteiger partial charge in [0, 0.05) is 24.8 Å². The van der Waals surface area contributed by atoms with Gasteiger partial charge < -0.3 is 20.5 Å². The third kappa shape index (κ3) is 2.99. The molecular weight excluding hydrogens is 332 g/mol. The molecule has 0 saturated carbocycles. The van der Waals surface area contributed by atoms with Crippen LogP contribution < -0.4 is 15.4 Å². The van der Waals surface area contributed by atoms with E-state index in [1.54, 1.807) is 31.8 Å². The molecule has 3 aromatic rings. The summed E-state index contributed by atoms with van der Waals surface area (Å²) in [5, 5.41) is 10.7. The van der Waals surface area contributed by atoms with E-state index in [1.165, 1.54) is 0 Å². The molecule has 26 heavy (non-hydrogen) atoms. The number of aromatic nitrogens is 4. The maximum Gasteiger partial charge on any atom is 0.162 e. The number of nitrogens with zero attached hydrogens (tertiary/aromatic N) is 5. The van der Waals surface area contributed by atoms with Crippen molar-refractivity contribution in [3.8, 4) is 17.1 Å². The highest BCUT2D eigenvalue weighted by Gasteiger charge is 2.23. The largest absolute Gasteiger partial charge is 0.494 e. The lowest BCUT2D eigenvalue weighted by Crippen LogP contribution is -2.36. The Kier molecular flexibility index (Phi) is 4.26. The van der Waals surface area contributed by atoms with Gasteiger partial charge in [-0.25, -0.2) is 15.0 Å². The molecule has 1 saturated heterocycles. The first kappa shape index (κ1) is 16.5. The van der Waals surface area contributed by atoms with Crippen LogP contribution in [0.3, 0.4) is 0 Å². The normalized spacial score (nSPS) is 15.4. The molecule has 8 nitrogen and oxygen atoms in total. The zero-order valence-electron chi connectivity index (χ0n) is 14.5. The van der Waals surface area contributed by atoms with E-state index in [9.17, 15) is 5.11 Å². The van der Waals surface area contributed by atoms with E-state index in [4.69, 9.17) is 15.5 Å². The first-order valence-electron chi connectivity index (χ1n) is 8.50. The minimum Gasteiger partial charge on any atom is -0.494 e. The third-order valence-electron chi connectivity index (χ3n) is 4.58. The van der Waals surface area contributed by atoms with E-state index < -0.39 is 0 Å². The Morgan fingerprint density at radius 1 is 1.23 bits per heavy atom. The predicted octanol–water partition coefficient (Wildman–Crippen LogP) is 1.64. The molecule has 4 rings (SSSR count). The van der Waals surface area contributed by atoms with Crippen LogP contribution in [-0.4, -0.2) is 51.3 Å². The highest BCUT2D eigenvalue weighted by molar-refractivity contribution is 5.95. The van der Waals surface area contributed by atoms with Gasteiger partial charge in [-0.3, -0.25) is 4.98 Å². The first-order chi connectivity index (χ1) is 12.7. The minimum absolute atomic E-state index is 0.262. The number of pyridine rings is 2. The SMILES string of the molecule is COc1cncc2nc(-c3ccnc(N)c3)nc(N3CCC(O)CC3)c12. The number of ether oxygens (including phenoxy) is 1. The molecule has 3 aromatic heterocycles. The molecule has 1 aliphatic rings. The van der Waals surface area contributed by atoms with Crippen molar-refractivity contribution in [3.63, 3.8) is 0 Å². The van der Waals surface area contributed by atoms with Gasteiger partial charge in [0.2, 0.25) is 0 Å². The van der Waals surface area contributed by atoms with Crippen molar-refractivity contribution < 1.29 is 9.84 Å². The molecule has 4 heterocycles. The van der Waals surface area contributed by atoms with Crippen molar-refractivity contribution in [2.75, 3.05) is 30.8 Å². The van der Waals surface area contributed by atoms with E-state index in [0.717, 1.165) is 29.9 Å². The smallest absolute Gasteiger partial charge is 0.162 e. The van der Waals surface area contributed by atoms with E-state index >= 15 is 0 Å². The molecular formula is C18H20N6O2. The topological polar surface area (TPSA) is 110 Å². The van der Waals surface area contributed by atoms with E-state index in [0.29, 0.717) is 35.8 Å². The molecule has 8 heteroatoms. The number of anilines is 2. The van der Waals surface area contributed by atoms with Gasteiger partial charge in [-0.1, -0.05) is 0 Å². The molecule has 0 amide bonds. The summed E-state index contributed by atoms with van der Waals surface area (Å²) in [7, 11) is 1.61. The molecule has 134 valence electrons. The Labute approximate surface area is 150 Å². The molecule has 0 aliphatic carbocycles. The average Bonchev–Trinajstić information content (AvgIpc) is 2.67. The summed E-state index contributed by atoms with van der Waals surface area (Å²) in [4.78, 5) is 19.9. The zero-order valence-corrected chi connectivity index (χ0v) is 14.5. The number of aliphatic hydroxyl groups excluding tert-OH is 1. The zero-order chi connectivity index (χ0) is 18.1. The molecule has 0 bridgehead atoms. The van der Waals surface area contributed by atoms with Crippen LogP contribution in [0.1, 0.15) is 12.8 Å². The maximum absolute atomic E-state index is 9.84. The van der Waals surface area contributed by atoms with Crippen LogP contribution in [0.4, 0.5) is 11.6 Å². The predicted molar refractivity (Wildman–Crippen MR) is 99.0 cm³/mol. The average molecular weight is 352 g/mol. The minimum atomic E-state index is -0.262. The number of fused-ring (bicyclic) bond motifs is 1. The standard InChI is InChI=1S/C18H20N6O2/c1-26-14-10-20-9-13-16(14)18(24-6-3-12(25)4-7-24)23-17(22-13)11-2-5-21-15(19)8-11/h2,5,8-10,12,25H,3-4,6-7H2,1H3,(H2,19,21). The lowest BCUT2D eigenvalue weighted by atomic mass is 10.1. The quantitative estimate of drug-likeness (QED) is 0.732. The molecule has 0 spiro atoms. The van der Waals surface area contributed by atoms with Crippen molar-refractivity contribution in [1.82, 2.24) is 19.9 Å². The van der Waals surface area contributed by atoms with Crippen LogP contribution in [0, 0.1) is 0 Å². The summed E-state index contributed by atoms with van der Waals surface area (Å²) < 4.78 is 5.50. The molecule has 0 atom stereocenters. The molecule has 0 aromatic carbocycles. The number of hydrogen-bond donors (Lipinski definition) is 2. The first-order valence-corrected chi connectivity index (χ1v) is 8.50. The van der Waals surface area contributed by atoms with Gasteiger partial charge in [-0.15, -0.1) is 0 Å².